The number of nitrogens with two attached hydrogens (primary N) is 1. The van der Waals surface area contributed by atoms with E-state index in [1.165, 1.54) is 6.07 Å². The molecule has 0 spiro atoms. The van der Waals surface area contributed by atoms with Gasteiger partial charge in [-0.3, -0.25) is 0 Å². The fourth-order valence-corrected chi connectivity index (χ4v) is 1.25. The number of rotatable bonds is 4. The summed E-state index contributed by atoms with van der Waals surface area (Å²) in [5.41, 5.74) is 4.85. The minimum absolute atomic E-state index is 0.0508. The lowest BCUT2D eigenvalue weighted by Crippen LogP contribution is -2.31. The maximum absolute atomic E-state index is 13.2. The van der Waals surface area contributed by atoms with Crippen molar-refractivity contribution >= 4 is 0 Å². The van der Waals surface area contributed by atoms with E-state index in [0.717, 1.165) is 12.1 Å². The number of benzene rings is 1. The molecule has 0 saturated carbocycles. The summed E-state index contributed by atoms with van der Waals surface area (Å²) in [5.74, 6) is -1.26. The quantitative estimate of drug-likeness (QED) is 0.837. The summed E-state index contributed by atoms with van der Waals surface area (Å²) in [4.78, 5) is 0. The first-order valence-corrected chi connectivity index (χ1v) is 4.79. The SMILES string of the molecule is CC(C)(CCN)Oc1ccc(F)cc1F. The van der Waals surface area contributed by atoms with Crippen molar-refractivity contribution in [1.29, 1.82) is 0 Å². The first-order chi connectivity index (χ1) is 6.94. The smallest absolute Gasteiger partial charge is 0.168 e. The summed E-state index contributed by atoms with van der Waals surface area (Å²) in [5, 5.41) is 0. The molecule has 0 atom stereocenters. The molecular weight excluding hydrogens is 200 g/mol. The van der Waals surface area contributed by atoms with Crippen molar-refractivity contribution in [2.45, 2.75) is 25.9 Å². The molecule has 1 aromatic rings. The van der Waals surface area contributed by atoms with Crippen molar-refractivity contribution < 1.29 is 13.5 Å². The zero-order valence-electron chi connectivity index (χ0n) is 8.89. The predicted octanol–water partition coefficient (Wildman–Crippen LogP) is 2.47. The Balaban J connectivity index is 2.80. The monoisotopic (exact) mass is 215 g/mol. The van der Waals surface area contributed by atoms with Crippen LogP contribution in [-0.2, 0) is 0 Å². The Morgan fingerprint density at radius 3 is 2.53 bits per heavy atom. The van der Waals surface area contributed by atoms with Crippen molar-refractivity contribution in [1.82, 2.24) is 0 Å². The van der Waals surface area contributed by atoms with Crippen molar-refractivity contribution in [3.05, 3.63) is 29.8 Å². The fraction of sp³-hybridized carbons (Fsp3) is 0.455. The van der Waals surface area contributed by atoms with Crippen molar-refractivity contribution in [3.63, 3.8) is 0 Å². The Bertz CT molecular complexity index is 339. The van der Waals surface area contributed by atoms with Gasteiger partial charge in [-0.1, -0.05) is 0 Å². The van der Waals surface area contributed by atoms with E-state index in [0.29, 0.717) is 13.0 Å². The standard InChI is InChI=1S/C11H15F2NO/c1-11(2,5-6-14)15-10-4-3-8(12)7-9(10)13/h3-4,7H,5-6,14H2,1-2H3. The highest BCUT2D eigenvalue weighted by atomic mass is 19.1. The van der Waals surface area contributed by atoms with Crippen LogP contribution in [0.4, 0.5) is 8.78 Å². The van der Waals surface area contributed by atoms with Crippen LogP contribution in [0.1, 0.15) is 20.3 Å². The molecule has 0 amide bonds. The van der Waals surface area contributed by atoms with Crippen LogP contribution in [0.3, 0.4) is 0 Å². The lowest BCUT2D eigenvalue weighted by Gasteiger charge is -2.26. The van der Waals surface area contributed by atoms with Crippen LogP contribution in [-0.4, -0.2) is 12.1 Å². The van der Waals surface area contributed by atoms with Crippen LogP contribution in [0, 0.1) is 11.6 Å². The third kappa shape index (κ3) is 3.47. The van der Waals surface area contributed by atoms with Gasteiger partial charge in [-0.2, -0.15) is 0 Å². The molecule has 2 nitrogen and oxygen atoms in total. The lowest BCUT2D eigenvalue weighted by molar-refractivity contribution is 0.0964. The van der Waals surface area contributed by atoms with Gasteiger partial charge in [-0.05, 0) is 38.9 Å². The normalized spacial score (nSPS) is 11.5. The van der Waals surface area contributed by atoms with Crippen LogP contribution in [0.25, 0.3) is 0 Å². The predicted molar refractivity (Wildman–Crippen MR) is 54.7 cm³/mol. The van der Waals surface area contributed by atoms with Gasteiger partial charge in [-0.15, -0.1) is 0 Å². The molecule has 0 aliphatic carbocycles. The second-order valence-electron chi connectivity index (χ2n) is 3.98. The zero-order chi connectivity index (χ0) is 11.5. The Labute approximate surface area is 88.0 Å². The largest absolute Gasteiger partial charge is 0.485 e. The van der Waals surface area contributed by atoms with E-state index in [2.05, 4.69) is 0 Å². The van der Waals surface area contributed by atoms with Crippen LogP contribution in [0.5, 0.6) is 5.75 Å². The van der Waals surface area contributed by atoms with Crippen molar-refractivity contribution in [3.8, 4) is 5.75 Å². The summed E-state index contributed by atoms with van der Waals surface area (Å²) in [7, 11) is 0. The third-order valence-corrected chi connectivity index (χ3v) is 2.03. The molecule has 15 heavy (non-hydrogen) atoms. The minimum atomic E-state index is -0.694. The van der Waals surface area contributed by atoms with Gasteiger partial charge < -0.3 is 10.5 Å². The molecule has 0 saturated heterocycles. The molecule has 4 heteroatoms. The average Bonchev–Trinajstić information content (AvgIpc) is 2.09. The molecule has 2 N–H and O–H groups in total. The first-order valence-electron chi connectivity index (χ1n) is 4.79. The number of halogens is 2. The Kier molecular flexibility index (Phi) is 3.63. The second-order valence-corrected chi connectivity index (χ2v) is 3.98. The summed E-state index contributed by atoms with van der Waals surface area (Å²) >= 11 is 0. The third-order valence-electron chi connectivity index (χ3n) is 2.03. The second kappa shape index (κ2) is 4.57. The van der Waals surface area contributed by atoms with Crippen LogP contribution < -0.4 is 10.5 Å². The number of hydrogen-bond donors (Lipinski definition) is 1. The molecule has 0 heterocycles. The van der Waals surface area contributed by atoms with Gasteiger partial charge in [0.25, 0.3) is 0 Å². The van der Waals surface area contributed by atoms with Crippen LogP contribution >= 0.6 is 0 Å². The van der Waals surface area contributed by atoms with Crippen molar-refractivity contribution in [2.75, 3.05) is 6.54 Å². The van der Waals surface area contributed by atoms with E-state index in [-0.39, 0.29) is 5.75 Å². The van der Waals surface area contributed by atoms with Gasteiger partial charge in [0.05, 0.1) is 0 Å². The van der Waals surface area contributed by atoms with E-state index in [1.54, 1.807) is 0 Å². The highest BCUT2D eigenvalue weighted by Gasteiger charge is 2.20. The van der Waals surface area contributed by atoms with Gasteiger partial charge >= 0.3 is 0 Å². The molecule has 1 rings (SSSR count). The molecular formula is C11H15F2NO. The Hall–Kier alpha value is -1.16. The molecule has 0 fully saturated rings. The molecule has 0 aliphatic rings. The summed E-state index contributed by atoms with van der Waals surface area (Å²) in [6.07, 6.45) is 0.601. The summed E-state index contributed by atoms with van der Waals surface area (Å²) in [6.45, 7) is 4.07. The van der Waals surface area contributed by atoms with E-state index in [4.69, 9.17) is 10.5 Å². The van der Waals surface area contributed by atoms with Gasteiger partial charge in [-0.25, -0.2) is 8.78 Å². The summed E-state index contributed by atoms with van der Waals surface area (Å²) < 4.78 is 31.2. The fourth-order valence-electron chi connectivity index (χ4n) is 1.25. The molecule has 84 valence electrons. The highest BCUT2D eigenvalue weighted by molar-refractivity contribution is 5.25. The van der Waals surface area contributed by atoms with E-state index in [1.807, 2.05) is 13.8 Å². The molecule has 0 radical (unpaired) electrons. The van der Waals surface area contributed by atoms with Gasteiger partial charge in [0.15, 0.2) is 11.6 Å². The first kappa shape index (κ1) is 11.9. The maximum Gasteiger partial charge on any atom is 0.168 e. The number of ether oxygens (including phenoxy) is 1. The maximum atomic E-state index is 13.2. The topological polar surface area (TPSA) is 35.2 Å². The Morgan fingerprint density at radius 1 is 1.33 bits per heavy atom. The average molecular weight is 215 g/mol. The highest BCUT2D eigenvalue weighted by Crippen LogP contribution is 2.24. The molecule has 1 aromatic carbocycles. The summed E-state index contributed by atoms with van der Waals surface area (Å²) in [6, 6.07) is 3.24. The molecule has 0 unspecified atom stereocenters. The lowest BCUT2D eigenvalue weighted by atomic mass is 10.1. The van der Waals surface area contributed by atoms with Gasteiger partial charge in [0.2, 0.25) is 0 Å². The minimum Gasteiger partial charge on any atom is -0.485 e. The molecule has 0 aliphatic heterocycles. The number of hydrogen-bond acceptors (Lipinski definition) is 2. The zero-order valence-corrected chi connectivity index (χ0v) is 8.89. The molecule has 0 aromatic heterocycles. The van der Waals surface area contributed by atoms with E-state index in [9.17, 15) is 8.78 Å². The van der Waals surface area contributed by atoms with Crippen LogP contribution in [0.15, 0.2) is 18.2 Å². The van der Waals surface area contributed by atoms with Crippen LogP contribution in [0.2, 0.25) is 0 Å². The van der Waals surface area contributed by atoms with Gasteiger partial charge in [0, 0.05) is 6.07 Å². The van der Waals surface area contributed by atoms with E-state index >= 15 is 0 Å². The van der Waals surface area contributed by atoms with Crippen molar-refractivity contribution in [2.24, 2.45) is 5.73 Å². The van der Waals surface area contributed by atoms with Gasteiger partial charge in [0.1, 0.15) is 11.4 Å². The Morgan fingerprint density at radius 2 is 2.00 bits per heavy atom. The van der Waals surface area contributed by atoms with E-state index < -0.39 is 17.2 Å². The molecule has 0 bridgehead atoms.